The van der Waals surface area contributed by atoms with E-state index in [0.29, 0.717) is 31.9 Å². The molecule has 4 amide bonds. The van der Waals surface area contributed by atoms with Crippen molar-refractivity contribution < 1.29 is 24.2 Å². The van der Waals surface area contributed by atoms with Crippen molar-refractivity contribution in [2.24, 2.45) is 0 Å². The highest BCUT2D eigenvalue weighted by atomic mass is 16.5. The number of carboxylic acid groups (broad SMARTS) is 1. The number of rotatable bonds is 6. The summed E-state index contributed by atoms with van der Waals surface area (Å²) in [6, 6.07) is 14.3. The van der Waals surface area contributed by atoms with E-state index in [1.54, 1.807) is 24.1 Å². The van der Waals surface area contributed by atoms with Crippen molar-refractivity contribution in [2.45, 2.75) is 24.9 Å². The highest BCUT2D eigenvalue weighted by Crippen LogP contribution is 2.39. The number of anilines is 1. The molecule has 9 heteroatoms. The molecule has 4 rings (SSSR count). The van der Waals surface area contributed by atoms with Crippen LogP contribution in [0, 0.1) is 0 Å². The van der Waals surface area contributed by atoms with Crippen molar-refractivity contribution >= 4 is 23.7 Å². The van der Waals surface area contributed by atoms with Crippen LogP contribution in [-0.4, -0.2) is 65.2 Å². The Morgan fingerprint density at radius 3 is 2.25 bits per heavy atom. The monoisotopic (exact) mass is 438 g/mol. The molecule has 0 aliphatic carbocycles. The molecule has 2 aliphatic heterocycles. The number of nitrogens with one attached hydrogen (secondary N) is 2. The molecule has 0 atom stereocenters. The quantitative estimate of drug-likeness (QED) is 0.642. The molecule has 32 heavy (non-hydrogen) atoms. The van der Waals surface area contributed by atoms with E-state index < -0.39 is 6.09 Å². The number of methoxy groups -OCH3 is 1. The Bertz CT molecular complexity index is 1000. The van der Waals surface area contributed by atoms with Crippen molar-refractivity contribution in [1.82, 2.24) is 15.1 Å². The van der Waals surface area contributed by atoms with Gasteiger partial charge < -0.3 is 30.3 Å². The number of urea groups is 1. The Labute approximate surface area is 186 Å². The van der Waals surface area contributed by atoms with Crippen molar-refractivity contribution in [3.8, 4) is 5.75 Å². The molecule has 3 N–H and O–H groups in total. The zero-order valence-corrected chi connectivity index (χ0v) is 17.8. The van der Waals surface area contributed by atoms with Crippen LogP contribution in [0.5, 0.6) is 5.75 Å². The molecule has 1 spiro atoms. The number of hydrogen-bond acceptors (Lipinski definition) is 4. The number of ether oxygens (including phenoxy) is 1. The van der Waals surface area contributed by atoms with Gasteiger partial charge >= 0.3 is 12.1 Å². The summed E-state index contributed by atoms with van der Waals surface area (Å²) in [7, 11) is 1.60. The summed E-state index contributed by atoms with van der Waals surface area (Å²) in [6.07, 6.45) is 0.154. The Hall–Kier alpha value is -3.75. The lowest BCUT2D eigenvalue weighted by molar-refractivity contribution is -0.162. The topological polar surface area (TPSA) is 111 Å². The SMILES string of the molecule is COc1ccc(CNC(=O)Nc2ccc(CC(=O)N3CCC34CN(C(=O)O)C4)cc2)cc1. The Balaban J connectivity index is 1.23. The average Bonchev–Trinajstić information content (AvgIpc) is 2.72. The number of carbonyl (C=O) groups excluding carboxylic acids is 2. The molecule has 168 valence electrons. The first kappa shape index (κ1) is 21.5. The molecular weight excluding hydrogens is 412 g/mol. The second-order valence-electron chi connectivity index (χ2n) is 8.19. The summed E-state index contributed by atoms with van der Waals surface area (Å²) in [6.45, 7) is 1.84. The van der Waals surface area contributed by atoms with E-state index in [1.807, 2.05) is 36.4 Å². The molecule has 2 saturated heterocycles. The molecule has 2 aromatic carbocycles. The average molecular weight is 438 g/mol. The largest absolute Gasteiger partial charge is 0.497 e. The minimum absolute atomic E-state index is 0.000711. The van der Waals surface area contributed by atoms with Crippen molar-refractivity contribution in [3.05, 3.63) is 59.7 Å². The van der Waals surface area contributed by atoms with Crippen LogP contribution in [0.25, 0.3) is 0 Å². The second kappa shape index (κ2) is 8.78. The van der Waals surface area contributed by atoms with Gasteiger partial charge in [0.1, 0.15) is 5.75 Å². The van der Waals surface area contributed by atoms with Crippen LogP contribution in [0.1, 0.15) is 17.5 Å². The number of nitrogens with zero attached hydrogens (tertiary/aromatic N) is 2. The van der Waals surface area contributed by atoms with Gasteiger partial charge in [-0.2, -0.15) is 0 Å². The summed E-state index contributed by atoms with van der Waals surface area (Å²) >= 11 is 0. The molecule has 2 aliphatic rings. The molecule has 2 heterocycles. The number of hydrogen-bond donors (Lipinski definition) is 3. The van der Waals surface area contributed by atoms with Crippen LogP contribution >= 0.6 is 0 Å². The summed E-state index contributed by atoms with van der Waals surface area (Å²) < 4.78 is 5.11. The number of likely N-dealkylation sites (tertiary alicyclic amines) is 2. The fourth-order valence-corrected chi connectivity index (χ4v) is 4.13. The van der Waals surface area contributed by atoms with Gasteiger partial charge in [0.2, 0.25) is 5.91 Å². The van der Waals surface area contributed by atoms with E-state index >= 15 is 0 Å². The minimum Gasteiger partial charge on any atom is -0.497 e. The van der Waals surface area contributed by atoms with E-state index in [4.69, 9.17) is 9.84 Å². The van der Waals surface area contributed by atoms with Gasteiger partial charge in [-0.1, -0.05) is 24.3 Å². The Morgan fingerprint density at radius 1 is 1.03 bits per heavy atom. The minimum atomic E-state index is -0.939. The molecule has 0 radical (unpaired) electrons. The van der Waals surface area contributed by atoms with E-state index in [2.05, 4.69) is 10.6 Å². The third-order valence-corrected chi connectivity index (χ3v) is 6.09. The molecule has 9 nitrogen and oxygen atoms in total. The third kappa shape index (κ3) is 4.46. The number of amides is 4. The first-order valence-corrected chi connectivity index (χ1v) is 10.4. The summed E-state index contributed by atoms with van der Waals surface area (Å²) in [5.74, 6) is 0.759. The maximum Gasteiger partial charge on any atom is 0.407 e. The predicted octanol–water partition coefficient (Wildman–Crippen LogP) is 2.52. The summed E-state index contributed by atoms with van der Waals surface area (Å²) in [5, 5.41) is 14.6. The standard InChI is InChI=1S/C23H26N4O5/c1-32-19-8-4-17(5-9-19)13-24-21(29)25-18-6-2-16(3-7-18)12-20(28)27-11-10-23(27)14-26(15-23)22(30)31/h2-9H,10-15H2,1H3,(H,30,31)(H2,24,25,29). The van der Waals surface area contributed by atoms with Crippen LogP contribution in [0.4, 0.5) is 15.3 Å². The van der Waals surface area contributed by atoms with Gasteiger partial charge in [0.25, 0.3) is 0 Å². The summed E-state index contributed by atoms with van der Waals surface area (Å²) in [4.78, 5) is 38.9. The highest BCUT2D eigenvalue weighted by molar-refractivity contribution is 5.89. The van der Waals surface area contributed by atoms with E-state index in [-0.39, 0.29) is 23.9 Å². The lowest BCUT2D eigenvalue weighted by atomic mass is 9.77. The summed E-state index contributed by atoms with van der Waals surface area (Å²) in [5.41, 5.74) is 2.12. The van der Waals surface area contributed by atoms with Crippen LogP contribution in [0.2, 0.25) is 0 Å². The van der Waals surface area contributed by atoms with Crippen LogP contribution < -0.4 is 15.4 Å². The van der Waals surface area contributed by atoms with Crippen LogP contribution in [0.3, 0.4) is 0 Å². The Kier molecular flexibility index (Phi) is 5.89. The maximum absolute atomic E-state index is 12.7. The maximum atomic E-state index is 12.7. The van der Waals surface area contributed by atoms with Gasteiger partial charge in [-0.05, 0) is 41.8 Å². The molecule has 0 saturated carbocycles. The van der Waals surface area contributed by atoms with Gasteiger partial charge in [-0.3, -0.25) is 4.79 Å². The second-order valence-corrected chi connectivity index (χ2v) is 8.19. The molecule has 0 aromatic heterocycles. The lowest BCUT2D eigenvalue weighted by Crippen LogP contribution is -2.78. The Morgan fingerprint density at radius 2 is 1.69 bits per heavy atom. The first-order chi connectivity index (χ1) is 15.4. The van der Waals surface area contributed by atoms with Crippen LogP contribution in [-0.2, 0) is 17.8 Å². The van der Waals surface area contributed by atoms with Crippen molar-refractivity contribution in [3.63, 3.8) is 0 Å². The molecule has 2 fully saturated rings. The smallest absolute Gasteiger partial charge is 0.407 e. The predicted molar refractivity (Wildman–Crippen MR) is 118 cm³/mol. The number of benzene rings is 2. The first-order valence-electron chi connectivity index (χ1n) is 10.4. The van der Waals surface area contributed by atoms with E-state index in [1.165, 1.54) is 4.90 Å². The molecule has 0 unspecified atom stereocenters. The van der Waals surface area contributed by atoms with E-state index in [9.17, 15) is 14.4 Å². The molecular formula is C23H26N4O5. The fraction of sp³-hybridized carbons (Fsp3) is 0.348. The third-order valence-electron chi connectivity index (χ3n) is 6.09. The molecule has 0 bridgehead atoms. The lowest BCUT2D eigenvalue weighted by Gasteiger charge is -2.61. The highest BCUT2D eigenvalue weighted by Gasteiger charge is 2.56. The zero-order valence-electron chi connectivity index (χ0n) is 17.8. The van der Waals surface area contributed by atoms with Crippen LogP contribution in [0.15, 0.2) is 48.5 Å². The van der Waals surface area contributed by atoms with Crippen molar-refractivity contribution in [1.29, 1.82) is 0 Å². The zero-order chi connectivity index (χ0) is 22.7. The van der Waals surface area contributed by atoms with Crippen molar-refractivity contribution in [2.75, 3.05) is 32.1 Å². The van der Waals surface area contributed by atoms with Gasteiger partial charge in [0.05, 0.1) is 19.1 Å². The normalized spacial score (nSPS) is 16.0. The van der Waals surface area contributed by atoms with E-state index in [0.717, 1.165) is 23.3 Å². The van der Waals surface area contributed by atoms with Gasteiger partial charge in [-0.25, -0.2) is 9.59 Å². The van der Waals surface area contributed by atoms with Gasteiger partial charge in [0, 0.05) is 31.9 Å². The van der Waals surface area contributed by atoms with Gasteiger partial charge in [-0.15, -0.1) is 0 Å². The molecule has 2 aromatic rings. The fourth-order valence-electron chi connectivity index (χ4n) is 4.13. The number of carbonyl (C=O) groups is 3. The van der Waals surface area contributed by atoms with Gasteiger partial charge in [0.15, 0.2) is 0 Å².